The summed E-state index contributed by atoms with van der Waals surface area (Å²) in [5, 5.41) is 2.45. The SMILES string of the molecule is O=C1Nc2ccccc2C1S. The van der Waals surface area contributed by atoms with E-state index in [1.165, 1.54) is 0 Å². The van der Waals surface area contributed by atoms with Crippen molar-refractivity contribution in [1.29, 1.82) is 0 Å². The minimum absolute atomic E-state index is 0.0328. The summed E-state index contributed by atoms with van der Waals surface area (Å²) in [5.74, 6) is -0.0328. The maximum absolute atomic E-state index is 11.0. The van der Waals surface area contributed by atoms with Gasteiger partial charge in [0.15, 0.2) is 0 Å². The normalized spacial score (nSPS) is 21.2. The number of thiol groups is 1. The van der Waals surface area contributed by atoms with E-state index in [-0.39, 0.29) is 11.2 Å². The Bertz CT molecular complexity index is 311. The lowest BCUT2D eigenvalue weighted by atomic mass is 10.2. The van der Waals surface area contributed by atoms with Crippen LogP contribution in [0.2, 0.25) is 0 Å². The Morgan fingerprint density at radius 3 is 2.82 bits per heavy atom. The van der Waals surface area contributed by atoms with Gasteiger partial charge in [0.2, 0.25) is 5.91 Å². The first-order chi connectivity index (χ1) is 5.29. The Balaban J connectivity index is 2.55. The molecule has 0 saturated carbocycles. The summed E-state index contributed by atoms with van der Waals surface area (Å²) in [6.07, 6.45) is 0. The molecule has 2 rings (SSSR count). The number of benzene rings is 1. The van der Waals surface area contributed by atoms with Crippen LogP contribution < -0.4 is 5.32 Å². The second kappa shape index (κ2) is 2.27. The molecule has 1 atom stereocenters. The monoisotopic (exact) mass is 165 g/mol. The molecule has 11 heavy (non-hydrogen) atoms. The van der Waals surface area contributed by atoms with E-state index in [2.05, 4.69) is 17.9 Å². The summed E-state index contributed by atoms with van der Waals surface area (Å²) in [7, 11) is 0. The number of nitrogens with one attached hydrogen (secondary N) is 1. The molecule has 0 radical (unpaired) electrons. The molecule has 0 aromatic heterocycles. The molecule has 1 aromatic carbocycles. The number of anilines is 1. The summed E-state index contributed by atoms with van der Waals surface area (Å²) < 4.78 is 0. The van der Waals surface area contributed by atoms with Gasteiger partial charge in [0.25, 0.3) is 0 Å². The van der Waals surface area contributed by atoms with Crippen molar-refractivity contribution in [2.24, 2.45) is 0 Å². The van der Waals surface area contributed by atoms with Gasteiger partial charge in [-0.15, -0.1) is 0 Å². The van der Waals surface area contributed by atoms with Crippen molar-refractivity contribution in [2.45, 2.75) is 5.25 Å². The van der Waals surface area contributed by atoms with Gasteiger partial charge in [-0.3, -0.25) is 4.79 Å². The number of fused-ring (bicyclic) bond motifs is 1. The quantitative estimate of drug-likeness (QED) is 0.562. The average Bonchev–Trinajstić information content (AvgIpc) is 2.30. The van der Waals surface area contributed by atoms with E-state index in [1.54, 1.807) is 0 Å². The van der Waals surface area contributed by atoms with Crippen molar-refractivity contribution in [3.8, 4) is 0 Å². The average molecular weight is 165 g/mol. The molecule has 0 spiro atoms. The van der Waals surface area contributed by atoms with Crippen LogP contribution in [-0.4, -0.2) is 5.91 Å². The van der Waals surface area contributed by atoms with Crippen molar-refractivity contribution < 1.29 is 4.79 Å². The Labute approximate surface area is 70.0 Å². The van der Waals surface area contributed by atoms with Crippen LogP contribution >= 0.6 is 12.6 Å². The number of para-hydroxylation sites is 1. The fraction of sp³-hybridized carbons (Fsp3) is 0.125. The summed E-state index contributed by atoms with van der Waals surface area (Å²) in [6, 6.07) is 7.58. The third kappa shape index (κ3) is 0.922. The lowest BCUT2D eigenvalue weighted by molar-refractivity contribution is -0.115. The molecular weight excluding hydrogens is 158 g/mol. The topological polar surface area (TPSA) is 29.1 Å². The molecule has 2 nitrogen and oxygen atoms in total. The highest BCUT2D eigenvalue weighted by Crippen LogP contribution is 2.33. The fourth-order valence-corrected chi connectivity index (χ4v) is 1.48. The van der Waals surface area contributed by atoms with Crippen molar-refractivity contribution in [2.75, 3.05) is 5.32 Å². The Kier molecular flexibility index (Phi) is 1.39. The summed E-state index contributed by atoms with van der Waals surface area (Å²) in [6.45, 7) is 0. The predicted octanol–water partition coefficient (Wildman–Crippen LogP) is 1.61. The molecule has 1 heterocycles. The zero-order valence-corrected chi connectivity index (χ0v) is 6.64. The highest BCUT2D eigenvalue weighted by molar-refractivity contribution is 7.81. The number of carbonyl (C=O) groups excluding carboxylic acids is 1. The van der Waals surface area contributed by atoms with Crippen LogP contribution in [0.5, 0.6) is 0 Å². The van der Waals surface area contributed by atoms with Crippen LogP contribution in [0.15, 0.2) is 24.3 Å². The van der Waals surface area contributed by atoms with Gasteiger partial charge in [-0.05, 0) is 11.6 Å². The number of hydrogen-bond acceptors (Lipinski definition) is 2. The molecule has 1 aliphatic heterocycles. The Morgan fingerprint density at radius 1 is 1.36 bits per heavy atom. The van der Waals surface area contributed by atoms with Gasteiger partial charge < -0.3 is 5.32 Å². The largest absolute Gasteiger partial charge is 0.325 e. The summed E-state index contributed by atoms with van der Waals surface area (Å²) in [5.41, 5.74) is 1.86. The van der Waals surface area contributed by atoms with Crippen LogP contribution in [0.1, 0.15) is 10.8 Å². The minimum Gasteiger partial charge on any atom is -0.325 e. The van der Waals surface area contributed by atoms with E-state index in [1.807, 2.05) is 24.3 Å². The second-order valence-electron chi connectivity index (χ2n) is 2.48. The molecule has 1 N–H and O–H groups in total. The van der Waals surface area contributed by atoms with Crippen molar-refractivity contribution in [3.63, 3.8) is 0 Å². The molecule has 1 unspecified atom stereocenters. The molecule has 1 aromatic rings. The van der Waals surface area contributed by atoms with Crippen LogP contribution in [0, 0.1) is 0 Å². The molecule has 1 amide bonds. The highest BCUT2D eigenvalue weighted by Gasteiger charge is 2.26. The molecule has 0 fully saturated rings. The van der Waals surface area contributed by atoms with Crippen LogP contribution in [-0.2, 0) is 4.79 Å². The Morgan fingerprint density at radius 2 is 2.09 bits per heavy atom. The third-order valence-electron chi connectivity index (χ3n) is 1.76. The fourth-order valence-electron chi connectivity index (χ4n) is 1.19. The standard InChI is InChI=1S/C8H7NOS/c10-8-7(11)5-3-1-2-4-6(5)9-8/h1-4,7,11H,(H,9,10). The predicted molar refractivity (Wildman–Crippen MR) is 46.8 cm³/mol. The summed E-state index contributed by atoms with van der Waals surface area (Å²) >= 11 is 4.15. The van der Waals surface area contributed by atoms with E-state index in [9.17, 15) is 4.79 Å². The van der Waals surface area contributed by atoms with Crippen LogP contribution in [0.25, 0.3) is 0 Å². The van der Waals surface area contributed by atoms with E-state index in [4.69, 9.17) is 0 Å². The van der Waals surface area contributed by atoms with Gasteiger partial charge in [0.05, 0.1) is 0 Å². The maximum Gasteiger partial charge on any atom is 0.241 e. The number of amides is 1. The zero-order chi connectivity index (χ0) is 7.84. The van der Waals surface area contributed by atoms with E-state index in [0.717, 1.165) is 11.3 Å². The van der Waals surface area contributed by atoms with Gasteiger partial charge in [0.1, 0.15) is 5.25 Å². The first-order valence-electron chi connectivity index (χ1n) is 3.37. The lowest BCUT2D eigenvalue weighted by Gasteiger charge is -1.96. The van der Waals surface area contributed by atoms with Gasteiger partial charge in [0, 0.05) is 5.69 Å². The number of carbonyl (C=O) groups is 1. The third-order valence-corrected chi connectivity index (χ3v) is 2.27. The zero-order valence-electron chi connectivity index (χ0n) is 5.74. The van der Waals surface area contributed by atoms with Crippen molar-refractivity contribution in [1.82, 2.24) is 0 Å². The van der Waals surface area contributed by atoms with E-state index in [0.29, 0.717) is 0 Å². The second-order valence-corrected chi connectivity index (χ2v) is 3.00. The van der Waals surface area contributed by atoms with E-state index < -0.39 is 0 Å². The molecule has 0 aliphatic carbocycles. The first kappa shape index (κ1) is 6.73. The highest BCUT2D eigenvalue weighted by atomic mass is 32.1. The van der Waals surface area contributed by atoms with Crippen LogP contribution in [0.4, 0.5) is 5.69 Å². The van der Waals surface area contributed by atoms with Gasteiger partial charge in [-0.1, -0.05) is 18.2 Å². The molecule has 56 valence electrons. The Hall–Kier alpha value is -0.960. The molecule has 0 saturated heterocycles. The van der Waals surface area contributed by atoms with Crippen molar-refractivity contribution >= 4 is 24.2 Å². The molecule has 1 aliphatic rings. The molecule has 3 heteroatoms. The van der Waals surface area contributed by atoms with Gasteiger partial charge in [-0.2, -0.15) is 12.6 Å². The van der Waals surface area contributed by atoms with Crippen LogP contribution in [0.3, 0.4) is 0 Å². The molecule has 0 bridgehead atoms. The summed E-state index contributed by atoms with van der Waals surface area (Å²) in [4.78, 5) is 11.0. The smallest absolute Gasteiger partial charge is 0.241 e. The van der Waals surface area contributed by atoms with Gasteiger partial charge >= 0.3 is 0 Å². The van der Waals surface area contributed by atoms with Gasteiger partial charge in [-0.25, -0.2) is 0 Å². The minimum atomic E-state index is -0.286. The number of rotatable bonds is 0. The first-order valence-corrected chi connectivity index (χ1v) is 3.88. The molecular formula is C8H7NOS. The maximum atomic E-state index is 11.0. The lowest BCUT2D eigenvalue weighted by Crippen LogP contribution is -2.06. The van der Waals surface area contributed by atoms with E-state index >= 15 is 0 Å². The number of hydrogen-bond donors (Lipinski definition) is 2. The van der Waals surface area contributed by atoms with Crippen molar-refractivity contribution in [3.05, 3.63) is 29.8 Å².